The Morgan fingerprint density at radius 1 is 1.55 bits per heavy atom. The molecule has 1 saturated heterocycles. The van der Waals surface area contributed by atoms with Crippen LogP contribution in [0.3, 0.4) is 0 Å². The van der Waals surface area contributed by atoms with Crippen LogP contribution in [0.15, 0.2) is 12.1 Å². The fourth-order valence-corrected chi connectivity index (χ4v) is 3.33. The molecule has 1 unspecified atom stereocenters. The smallest absolute Gasteiger partial charge is 0.228 e. The van der Waals surface area contributed by atoms with E-state index in [1.54, 1.807) is 0 Å². The maximum absolute atomic E-state index is 12.5. The average Bonchev–Trinajstić information content (AvgIpc) is 2.86. The third kappa shape index (κ3) is 3.86. The van der Waals surface area contributed by atoms with Crippen LogP contribution in [-0.2, 0) is 9.53 Å². The van der Waals surface area contributed by atoms with Gasteiger partial charge < -0.3 is 15.8 Å². The molecule has 7 heteroatoms. The van der Waals surface area contributed by atoms with E-state index < -0.39 is 5.41 Å². The van der Waals surface area contributed by atoms with Crippen molar-refractivity contribution in [3.05, 3.63) is 21.3 Å². The highest BCUT2D eigenvalue weighted by atomic mass is 35.5. The second-order valence-corrected chi connectivity index (χ2v) is 6.68. The van der Waals surface area contributed by atoms with Crippen LogP contribution in [0.4, 0.5) is 0 Å². The SMILES string of the molecule is CC(NC(=O)C1(CN)CCOCC1)c1ccc(Cl)s1.Cl. The first-order valence-electron chi connectivity index (χ1n) is 6.41. The molecule has 1 aromatic rings. The van der Waals surface area contributed by atoms with Gasteiger partial charge in [-0.15, -0.1) is 23.7 Å². The minimum Gasteiger partial charge on any atom is -0.381 e. The highest BCUT2D eigenvalue weighted by Crippen LogP contribution is 2.32. The lowest BCUT2D eigenvalue weighted by molar-refractivity contribution is -0.136. The van der Waals surface area contributed by atoms with Crippen LogP contribution in [-0.4, -0.2) is 25.7 Å². The van der Waals surface area contributed by atoms with Gasteiger partial charge in [-0.25, -0.2) is 0 Å². The average molecular weight is 339 g/mol. The Morgan fingerprint density at radius 2 is 2.20 bits per heavy atom. The minimum atomic E-state index is -0.479. The molecule has 3 N–H and O–H groups in total. The molecule has 1 fully saturated rings. The number of halogens is 2. The fourth-order valence-electron chi connectivity index (χ4n) is 2.27. The molecule has 2 heterocycles. The highest BCUT2D eigenvalue weighted by Gasteiger charge is 2.39. The van der Waals surface area contributed by atoms with Gasteiger partial charge in [0.2, 0.25) is 5.91 Å². The van der Waals surface area contributed by atoms with E-state index in [9.17, 15) is 4.79 Å². The summed E-state index contributed by atoms with van der Waals surface area (Å²) in [4.78, 5) is 13.5. The van der Waals surface area contributed by atoms with Crippen LogP contribution in [0.1, 0.15) is 30.7 Å². The van der Waals surface area contributed by atoms with E-state index in [1.165, 1.54) is 11.3 Å². The van der Waals surface area contributed by atoms with E-state index in [2.05, 4.69) is 5.32 Å². The van der Waals surface area contributed by atoms with Crippen LogP contribution in [0.5, 0.6) is 0 Å². The Hall–Kier alpha value is -0.330. The predicted octanol–water partition coefficient (Wildman–Crippen LogP) is 2.76. The molecule has 0 aromatic carbocycles. The second-order valence-electron chi connectivity index (χ2n) is 4.93. The summed E-state index contributed by atoms with van der Waals surface area (Å²) in [6.07, 6.45) is 1.38. The van der Waals surface area contributed by atoms with E-state index in [4.69, 9.17) is 22.1 Å². The van der Waals surface area contributed by atoms with Crippen LogP contribution < -0.4 is 11.1 Å². The van der Waals surface area contributed by atoms with E-state index in [1.807, 2.05) is 19.1 Å². The Bertz CT molecular complexity index is 447. The lowest BCUT2D eigenvalue weighted by atomic mass is 9.79. The summed E-state index contributed by atoms with van der Waals surface area (Å²) in [5.41, 5.74) is 5.34. The van der Waals surface area contributed by atoms with Gasteiger partial charge >= 0.3 is 0 Å². The molecule has 1 amide bonds. The van der Waals surface area contributed by atoms with E-state index in [0.717, 1.165) is 9.21 Å². The molecule has 1 atom stereocenters. The quantitative estimate of drug-likeness (QED) is 0.887. The molecule has 0 bridgehead atoms. The Morgan fingerprint density at radius 3 is 2.70 bits per heavy atom. The van der Waals surface area contributed by atoms with Gasteiger partial charge in [-0.3, -0.25) is 4.79 Å². The third-order valence-corrected chi connectivity index (χ3v) is 5.10. The molecule has 1 aliphatic rings. The number of hydrogen-bond donors (Lipinski definition) is 2. The van der Waals surface area contributed by atoms with E-state index in [0.29, 0.717) is 32.6 Å². The molecule has 0 spiro atoms. The number of rotatable bonds is 4. The molecule has 0 saturated carbocycles. The van der Waals surface area contributed by atoms with Crippen LogP contribution in [0, 0.1) is 5.41 Å². The van der Waals surface area contributed by atoms with Gasteiger partial charge in [0.05, 0.1) is 15.8 Å². The number of hydrogen-bond acceptors (Lipinski definition) is 4. The summed E-state index contributed by atoms with van der Waals surface area (Å²) in [6.45, 7) is 3.53. The number of carbonyl (C=O) groups is 1. The fraction of sp³-hybridized carbons (Fsp3) is 0.615. The van der Waals surface area contributed by atoms with Gasteiger partial charge in [0.1, 0.15) is 0 Å². The Balaban J connectivity index is 0.00000200. The zero-order chi connectivity index (χ0) is 13.9. The lowest BCUT2D eigenvalue weighted by Crippen LogP contribution is -2.49. The van der Waals surface area contributed by atoms with Crippen LogP contribution in [0.2, 0.25) is 4.34 Å². The number of ether oxygens (including phenoxy) is 1. The van der Waals surface area contributed by atoms with Crippen LogP contribution in [0.25, 0.3) is 0 Å². The molecule has 20 heavy (non-hydrogen) atoms. The largest absolute Gasteiger partial charge is 0.381 e. The van der Waals surface area contributed by atoms with Gasteiger partial charge in [0, 0.05) is 24.6 Å². The van der Waals surface area contributed by atoms with Crippen LogP contribution >= 0.6 is 35.3 Å². The van der Waals surface area contributed by atoms with Crippen molar-refractivity contribution in [2.24, 2.45) is 11.1 Å². The zero-order valence-electron chi connectivity index (χ0n) is 11.4. The highest BCUT2D eigenvalue weighted by molar-refractivity contribution is 7.16. The molecule has 4 nitrogen and oxygen atoms in total. The van der Waals surface area contributed by atoms with Gasteiger partial charge in [-0.1, -0.05) is 11.6 Å². The summed E-state index contributed by atoms with van der Waals surface area (Å²) < 4.78 is 6.05. The molecule has 114 valence electrons. The molecular weight excluding hydrogens is 319 g/mol. The molecule has 0 radical (unpaired) electrons. The topological polar surface area (TPSA) is 64.4 Å². The van der Waals surface area contributed by atoms with Crippen molar-refractivity contribution in [3.8, 4) is 0 Å². The molecule has 1 aliphatic heterocycles. The third-order valence-electron chi connectivity index (χ3n) is 3.69. The second kappa shape index (κ2) is 7.61. The van der Waals surface area contributed by atoms with Crippen molar-refractivity contribution in [1.29, 1.82) is 0 Å². The van der Waals surface area contributed by atoms with E-state index >= 15 is 0 Å². The van der Waals surface area contributed by atoms with Crippen molar-refractivity contribution in [3.63, 3.8) is 0 Å². The maximum atomic E-state index is 12.5. The Labute approximate surface area is 134 Å². The number of amides is 1. The summed E-state index contributed by atoms with van der Waals surface area (Å²) in [5.74, 6) is 0.0234. The van der Waals surface area contributed by atoms with Crippen molar-refractivity contribution < 1.29 is 9.53 Å². The number of carbonyl (C=O) groups excluding carboxylic acids is 1. The first-order chi connectivity index (χ1) is 9.07. The first kappa shape index (κ1) is 17.7. The van der Waals surface area contributed by atoms with Crippen molar-refractivity contribution in [2.75, 3.05) is 19.8 Å². The normalized spacial score (nSPS) is 18.9. The first-order valence-corrected chi connectivity index (χ1v) is 7.61. The van der Waals surface area contributed by atoms with Gasteiger partial charge in [0.15, 0.2) is 0 Å². The van der Waals surface area contributed by atoms with Gasteiger partial charge in [0.25, 0.3) is 0 Å². The summed E-state index contributed by atoms with van der Waals surface area (Å²) in [6, 6.07) is 3.74. The van der Waals surface area contributed by atoms with Gasteiger partial charge in [-0.05, 0) is 31.9 Å². The van der Waals surface area contributed by atoms with E-state index in [-0.39, 0.29) is 24.4 Å². The molecular formula is C13H20Cl2N2O2S. The molecule has 0 aliphatic carbocycles. The standard InChI is InChI=1S/C13H19ClN2O2S.ClH/c1-9(10-2-3-11(14)19-10)16-12(17)13(8-15)4-6-18-7-5-13;/h2-3,9H,4-8,15H2,1H3,(H,16,17);1H. The zero-order valence-corrected chi connectivity index (χ0v) is 13.7. The number of nitrogens with two attached hydrogens (primary N) is 1. The minimum absolute atomic E-state index is 0. The maximum Gasteiger partial charge on any atom is 0.228 e. The van der Waals surface area contributed by atoms with Crippen molar-refractivity contribution >= 4 is 41.3 Å². The molecule has 1 aromatic heterocycles. The lowest BCUT2D eigenvalue weighted by Gasteiger charge is -2.35. The monoisotopic (exact) mass is 338 g/mol. The predicted molar refractivity (Wildman–Crippen MR) is 84.7 cm³/mol. The molecule has 2 rings (SSSR count). The van der Waals surface area contributed by atoms with Gasteiger partial charge in [-0.2, -0.15) is 0 Å². The number of nitrogens with one attached hydrogen (secondary N) is 1. The summed E-state index contributed by atoms with van der Waals surface area (Å²) in [7, 11) is 0. The summed E-state index contributed by atoms with van der Waals surface area (Å²) in [5, 5.41) is 3.05. The van der Waals surface area contributed by atoms with Crippen molar-refractivity contribution in [1.82, 2.24) is 5.32 Å². The van der Waals surface area contributed by atoms with Crippen molar-refractivity contribution in [2.45, 2.75) is 25.8 Å². The summed E-state index contributed by atoms with van der Waals surface area (Å²) >= 11 is 7.40. The number of thiophene rings is 1. The Kier molecular flexibility index (Phi) is 6.75.